The normalized spacial score (nSPS) is 11.1. The molecule has 0 aliphatic heterocycles. The lowest BCUT2D eigenvalue weighted by atomic mass is 10.1. The van der Waals surface area contributed by atoms with Gasteiger partial charge in [0.2, 0.25) is 0 Å². The van der Waals surface area contributed by atoms with E-state index in [-0.39, 0.29) is 12.6 Å². The van der Waals surface area contributed by atoms with E-state index in [1.165, 1.54) is 4.90 Å². The van der Waals surface area contributed by atoms with Gasteiger partial charge in [0, 0.05) is 25.8 Å². The third-order valence-electron chi connectivity index (χ3n) is 2.40. The molecule has 0 aromatic carbocycles. The highest BCUT2D eigenvalue weighted by Gasteiger charge is 2.27. The predicted octanol–water partition coefficient (Wildman–Crippen LogP) is 1.31. The van der Waals surface area contributed by atoms with Gasteiger partial charge in [0.25, 0.3) is 0 Å². The molecule has 0 aliphatic carbocycles. The number of urea groups is 1. The van der Waals surface area contributed by atoms with Crippen LogP contribution in [0.25, 0.3) is 0 Å². The molecular weight excluding hydrogens is 236 g/mol. The standard InChI is InChI=1S/C12H24N2O4/c1-12(2,3)14(9-10(15)16)11(17)13-7-5-6-8-18-4/h5-9H2,1-4H3,(H,13,17)(H,15,16). The van der Waals surface area contributed by atoms with Crippen molar-refractivity contribution in [2.45, 2.75) is 39.2 Å². The van der Waals surface area contributed by atoms with Gasteiger partial charge in [0.05, 0.1) is 0 Å². The number of nitrogens with one attached hydrogen (secondary N) is 1. The van der Waals surface area contributed by atoms with Gasteiger partial charge in [-0.2, -0.15) is 0 Å². The first-order valence-corrected chi connectivity index (χ1v) is 6.05. The Hall–Kier alpha value is -1.30. The van der Waals surface area contributed by atoms with Crippen LogP contribution >= 0.6 is 0 Å². The molecule has 0 saturated carbocycles. The van der Waals surface area contributed by atoms with Crippen LogP contribution in [-0.4, -0.2) is 54.4 Å². The summed E-state index contributed by atoms with van der Waals surface area (Å²) < 4.78 is 4.90. The molecule has 0 spiro atoms. The van der Waals surface area contributed by atoms with E-state index in [1.54, 1.807) is 27.9 Å². The largest absolute Gasteiger partial charge is 0.480 e. The number of carboxylic acid groups (broad SMARTS) is 1. The van der Waals surface area contributed by atoms with E-state index in [4.69, 9.17) is 9.84 Å². The van der Waals surface area contributed by atoms with Crippen molar-refractivity contribution in [3.8, 4) is 0 Å². The summed E-state index contributed by atoms with van der Waals surface area (Å²) in [6.45, 7) is 6.30. The molecule has 18 heavy (non-hydrogen) atoms. The van der Waals surface area contributed by atoms with E-state index in [9.17, 15) is 9.59 Å². The van der Waals surface area contributed by atoms with Crippen molar-refractivity contribution in [2.75, 3.05) is 26.8 Å². The van der Waals surface area contributed by atoms with Crippen LogP contribution in [0.1, 0.15) is 33.6 Å². The fourth-order valence-corrected chi connectivity index (χ4v) is 1.41. The summed E-state index contributed by atoms with van der Waals surface area (Å²) in [7, 11) is 1.63. The summed E-state index contributed by atoms with van der Waals surface area (Å²) in [5.41, 5.74) is -0.519. The van der Waals surface area contributed by atoms with Crippen LogP contribution in [0.5, 0.6) is 0 Å². The quantitative estimate of drug-likeness (QED) is 0.676. The number of carboxylic acids is 1. The lowest BCUT2D eigenvalue weighted by Gasteiger charge is -2.34. The maximum atomic E-state index is 11.9. The molecule has 106 valence electrons. The molecule has 0 aromatic rings. The fraction of sp³-hybridized carbons (Fsp3) is 0.833. The van der Waals surface area contributed by atoms with Crippen molar-refractivity contribution in [1.82, 2.24) is 10.2 Å². The van der Waals surface area contributed by atoms with Crippen molar-refractivity contribution in [1.29, 1.82) is 0 Å². The van der Waals surface area contributed by atoms with Crippen LogP contribution in [0.3, 0.4) is 0 Å². The Kier molecular flexibility index (Phi) is 7.35. The summed E-state index contributed by atoms with van der Waals surface area (Å²) in [4.78, 5) is 23.9. The van der Waals surface area contributed by atoms with Crippen LogP contribution in [0.15, 0.2) is 0 Å². The smallest absolute Gasteiger partial charge is 0.323 e. The molecule has 6 nitrogen and oxygen atoms in total. The number of hydrogen-bond donors (Lipinski definition) is 2. The lowest BCUT2D eigenvalue weighted by Crippen LogP contribution is -2.52. The van der Waals surface area contributed by atoms with Gasteiger partial charge < -0.3 is 20.1 Å². The van der Waals surface area contributed by atoms with E-state index in [0.717, 1.165) is 12.8 Å². The highest BCUT2D eigenvalue weighted by atomic mass is 16.5. The monoisotopic (exact) mass is 260 g/mol. The van der Waals surface area contributed by atoms with E-state index in [0.29, 0.717) is 13.2 Å². The molecule has 0 aromatic heterocycles. The van der Waals surface area contributed by atoms with Gasteiger partial charge in [0.15, 0.2) is 0 Å². The van der Waals surface area contributed by atoms with Gasteiger partial charge in [-0.05, 0) is 33.6 Å². The van der Waals surface area contributed by atoms with Crippen LogP contribution in [0, 0.1) is 0 Å². The highest BCUT2D eigenvalue weighted by molar-refractivity contribution is 5.80. The zero-order valence-corrected chi connectivity index (χ0v) is 11.7. The van der Waals surface area contributed by atoms with E-state index >= 15 is 0 Å². The first kappa shape index (κ1) is 16.7. The Morgan fingerprint density at radius 2 is 1.89 bits per heavy atom. The van der Waals surface area contributed by atoms with Gasteiger partial charge in [-0.15, -0.1) is 0 Å². The molecule has 0 rings (SSSR count). The number of methoxy groups -OCH3 is 1. The summed E-state index contributed by atoms with van der Waals surface area (Å²) in [6.07, 6.45) is 1.68. The summed E-state index contributed by atoms with van der Waals surface area (Å²) in [6, 6.07) is -0.345. The van der Waals surface area contributed by atoms with Gasteiger partial charge in [0.1, 0.15) is 6.54 Å². The zero-order valence-electron chi connectivity index (χ0n) is 11.7. The topological polar surface area (TPSA) is 78.9 Å². The highest BCUT2D eigenvalue weighted by Crippen LogP contribution is 2.12. The summed E-state index contributed by atoms with van der Waals surface area (Å²) in [5, 5.41) is 11.5. The van der Waals surface area contributed by atoms with Crippen molar-refractivity contribution >= 4 is 12.0 Å². The zero-order chi connectivity index (χ0) is 14.2. The minimum absolute atomic E-state index is 0.298. The number of carbonyl (C=O) groups is 2. The van der Waals surface area contributed by atoms with Crippen molar-refractivity contribution in [3.63, 3.8) is 0 Å². The number of aliphatic carboxylic acids is 1. The van der Waals surface area contributed by atoms with Gasteiger partial charge in [-0.3, -0.25) is 4.79 Å². The van der Waals surface area contributed by atoms with Crippen LogP contribution in [-0.2, 0) is 9.53 Å². The molecule has 0 bridgehead atoms. The Bertz CT molecular complexity index is 274. The third-order valence-corrected chi connectivity index (χ3v) is 2.40. The number of amides is 2. The lowest BCUT2D eigenvalue weighted by molar-refractivity contribution is -0.138. The minimum atomic E-state index is -1.01. The molecule has 2 amide bonds. The van der Waals surface area contributed by atoms with E-state index < -0.39 is 11.5 Å². The number of unbranched alkanes of at least 4 members (excludes halogenated alkanes) is 1. The molecule has 0 aliphatic rings. The van der Waals surface area contributed by atoms with Crippen LogP contribution in [0.2, 0.25) is 0 Å². The number of rotatable bonds is 7. The number of hydrogen-bond acceptors (Lipinski definition) is 3. The van der Waals surface area contributed by atoms with Crippen LogP contribution < -0.4 is 5.32 Å². The number of nitrogens with zero attached hydrogens (tertiary/aromatic N) is 1. The Labute approximate surface area is 108 Å². The molecular formula is C12H24N2O4. The molecule has 6 heteroatoms. The average molecular weight is 260 g/mol. The maximum Gasteiger partial charge on any atom is 0.323 e. The SMILES string of the molecule is COCCCCNC(=O)N(CC(=O)O)C(C)(C)C. The molecule has 0 heterocycles. The van der Waals surface area contributed by atoms with Gasteiger partial charge >= 0.3 is 12.0 Å². The average Bonchev–Trinajstić information content (AvgIpc) is 2.23. The van der Waals surface area contributed by atoms with E-state index in [2.05, 4.69) is 5.32 Å². The molecule has 2 N–H and O–H groups in total. The molecule has 0 atom stereocenters. The Balaban J connectivity index is 4.19. The molecule has 0 radical (unpaired) electrons. The number of carbonyl (C=O) groups excluding carboxylic acids is 1. The maximum absolute atomic E-state index is 11.9. The number of ether oxygens (including phenoxy) is 1. The predicted molar refractivity (Wildman–Crippen MR) is 68.6 cm³/mol. The first-order valence-electron chi connectivity index (χ1n) is 6.05. The Morgan fingerprint density at radius 1 is 1.28 bits per heavy atom. The van der Waals surface area contributed by atoms with Crippen LogP contribution in [0.4, 0.5) is 4.79 Å². The van der Waals surface area contributed by atoms with Gasteiger partial charge in [-0.1, -0.05) is 0 Å². The van der Waals surface area contributed by atoms with Crippen molar-refractivity contribution in [2.24, 2.45) is 0 Å². The molecule has 0 fully saturated rings. The second kappa shape index (κ2) is 7.92. The first-order chi connectivity index (χ1) is 8.29. The second-order valence-electron chi connectivity index (χ2n) is 5.08. The van der Waals surface area contributed by atoms with E-state index in [1.807, 2.05) is 0 Å². The fourth-order valence-electron chi connectivity index (χ4n) is 1.41. The minimum Gasteiger partial charge on any atom is -0.480 e. The third kappa shape index (κ3) is 7.11. The molecule has 0 saturated heterocycles. The van der Waals surface area contributed by atoms with Crippen molar-refractivity contribution in [3.05, 3.63) is 0 Å². The van der Waals surface area contributed by atoms with Gasteiger partial charge in [-0.25, -0.2) is 4.79 Å². The molecule has 0 unspecified atom stereocenters. The Morgan fingerprint density at radius 3 is 2.33 bits per heavy atom. The summed E-state index contributed by atoms with van der Waals surface area (Å²) in [5.74, 6) is -1.01. The second-order valence-corrected chi connectivity index (χ2v) is 5.08. The van der Waals surface area contributed by atoms with Crippen molar-refractivity contribution < 1.29 is 19.4 Å². The summed E-state index contributed by atoms with van der Waals surface area (Å²) >= 11 is 0.